The SMILES string of the molecule is C.CCN=C=NCCSSCCN=C=NCC. The van der Waals surface area contributed by atoms with Crippen molar-refractivity contribution in [3.05, 3.63) is 0 Å². The topological polar surface area (TPSA) is 49.4 Å². The molecule has 0 saturated carbocycles. The van der Waals surface area contributed by atoms with E-state index in [0.29, 0.717) is 0 Å². The zero-order valence-corrected chi connectivity index (χ0v) is 11.5. The highest BCUT2D eigenvalue weighted by molar-refractivity contribution is 8.76. The van der Waals surface area contributed by atoms with E-state index in [0.717, 1.165) is 37.7 Å². The van der Waals surface area contributed by atoms with Gasteiger partial charge in [0, 0.05) is 24.6 Å². The molecule has 0 aliphatic rings. The van der Waals surface area contributed by atoms with Gasteiger partial charge in [-0.25, -0.2) is 20.0 Å². The van der Waals surface area contributed by atoms with Crippen LogP contribution in [0.4, 0.5) is 0 Å². The van der Waals surface area contributed by atoms with Gasteiger partial charge in [-0.05, 0) is 13.8 Å². The van der Waals surface area contributed by atoms with Crippen LogP contribution in [0.5, 0.6) is 0 Å². The minimum atomic E-state index is 0. The Morgan fingerprint density at radius 2 is 1.18 bits per heavy atom. The number of hydrogen-bond donors (Lipinski definition) is 0. The molecule has 0 spiro atoms. The summed E-state index contributed by atoms with van der Waals surface area (Å²) in [6.45, 7) is 7.00. The zero-order chi connectivity index (χ0) is 11.9. The Morgan fingerprint density at radius 3 is 1.53 bits per heavy atom. The predicted molar refractivity (Wildman–Crippen MR) is 82.2 cm³/mol. The van der Waals surface area contributed by atoms with Gasteiger partial charge in [0.15, 0.2) is 0 Å². The summed E-state index contributed by atoms with van der Waals surface area (Å²) in [4.78, 5) is 15.8. The van der Waals surface area contributed by atoms with Gasteiger partial charge in [0.05, 0.1) is 25.1 Å². The maximum Gasteiger partial charge on any atom is 0.0892 e. The predicted octanol–water partition coefficient (Wildman–Crippen LogP) is 3.39. The van der Waals surface area contributed by atoms with Crippen LogP contribution in [0.25, 0.3) is 0 Å². The average Bonchev–Trinajstić information content (AvgIpc) is 2.31. The largest absolute Gasteiger partial charge is 0.226 e. The van der Waals surface area contributed by atoms with Crippen molar-refractivity contribution in [2.45, 2.75) is 21.3 Å². The smallest absolute Gasteiger partial charge is 0.0892 e. The molecule has 0 aromatic carbocycles. The average molecular weight is 274 g/mol. The Hall–Kier alpha value is -0.540. The van der Waals surface area contributed by atoms with Crippen molar-refractivity contribution in [3.8, 4) is 0 Å². The molecule has 0 radical (unpaired) electrons. The zero-order valence-electron chi connectivity index (χ0n) is 9.85. The Labute approximate surface area is 113 Å². The molecule has 0 aliphatic heterocycles. The highest BCUT2D eigenvalue weighted by atomic mass is 33.1. The fourth-order valence-corrected chi connectivity index (χ4v) is 2.35. The minimum Gasteiger partial charge on any atom is -0.226 e. The Kier molecular flexibility index (Phi) is 19.7. The summed E-state index contributed by atoms with van der Waals surface area (Å²) in [7, 11) is 3.60. The Balaban J connectivity index is 0. The fraction of sp³-hybridized carbons (Fsp3) is 0.818. The fourth-order valence-electron chi connectivity index (χ4n) is 0.625. The van der Waals surface area contributed by atoms with Crippen LogP contribution < -0.4 is 0 Å². The summed E-state index contributed by atoms with van der Waals surface area (Å²) >= 11 is 0. The summed E-state index contributed by atoms with van der Waals surface area (Å²) in [5.74, 6) is 1.98. The Bertz CT molecular complexity index is 239. The Morgan fingerprint density at radius 1 is 0.765 bits per heavy atom. The standard InChI is InChI=1S/C10H18N4S2.CH4/c1-3-11-9-13-5-7-15-16-8-6-14-10-12-4-2;/h3-8H2,1-2H3;1H4. The van der Waals surface area contributed by atoms with Gasteiger partial charge in [-0.2, -0.15) is 0 Å². The van der Waals surface area contributed by atoms with E-state index in [9.17, 15) is 0 Å². The molecule has 0 heterocycles. The van der Waals surface area contributed by atoms with Gasteiger partial charge >= 0.3 is 0 Å². The maximum atomic E-state index is 4.02. The molecule has 0 aromatic rings. The van der Waals surface area contributed by atoms with Crippen molar-refractivity contribution in [2.24, 2.45) is 20.0 Å². The van der Waals surface area contributed by atoms with Crippen LogP contribution in [0.1, 0.15) is 21.3 Å². The van der Waals surface area contributed by atoms with Crippen LogP contribution in [0.2, 0.25) is 0 Å². The van der Waals surface area contributed by atoms with Crippen molar-refractivity contribution in [2.75, 3.05) is 37.7 Å². The minimum absolute atomic E-state index is 0. The van der Waals surface area contributed by atoms with Gasteiger partial charge in [-0.15, -0.1) is 0 Å². The third-order valence-electron chi connectivity index (χ3n) is 1.26. The molecule has 0 atom stereocenters. The van der Waals surface area contributed by atoms with Gasteiger partial charge in [0.1, 0.15) is 0 Å². The first kappa shape index (κ1) is 18.8. The second-order valence-electron chi connectivity index (χ2n) is 2.56. The van der Waals surface area contributed by atoms with Crippen molar-refractivity contribution in [3.63, 3.8) is 0 Å². The van der Waals surface area contributed by atoms with Crippen LogP contribution in [0.15, 0.2) is 20.0 Å². The molecular formula is C11H22N4S2. The maximum absolute atomic E-state index is 4.02. The highest BCUT2D eigenvalue weighted by Crippen LogP contribution is 2.19. The molecule has 4 nitrogen and oxygen atoms in total. The van der Waals surface area contributed by atoms with E-state index in [1.165, 1.54) is 0 Å². The molecule has 0 aliphatic carbocycles. The first-order valence-corrected chi connectivity index (χ1v) is 7.81. The lowest BCUT2D eigenvalue weighted by Crippen LogP contribution is -1.85. The van der Waals surface area contributed by atoms with E-state index in [4.69, 9.17) is 0 Å². The third-order valence-corrected chi connectivity index (χ3v) is 3.62. The van der Waals surface area contributed by atoms with E-state index in [1.807, 2.05) is 13.8 Å². The van der Waals surface area contributed by atoms with E-state index >= 15 is 0 Å². The molecular weight excluding hydrogens is 252 g/mol. The number of hydrogen-bond acceptors (Lipinski definition) is 6. The van der Waals surface area contributed by atoms with E-state index in [1.54, 1.807) is 21.6 Å². The summed E-state index contributed by atoms with van der Waals surface area (Å²) in [6, 6.07) is 5.29. The van der Waals surface area contributed by atoms with Crippen LogP contribution in [-0.4, -0.2) is 49.7 Å². The molecule has 0 bridgehead atoms. The molecule has 0 fully saturated rings. The summed E-state index contributed by atoms with van der Waals surface area (Å²) < 4.78 is 0. The van der Waals surface area contributed by atoms with E-state index in [2.05, 4.69) is 32.0 Å². The van der Waals surface area contributed by atoms with Crippen LogP contribution in [0.3, 0.4) is 0 Å². The molecule has 98 valence electrons. The van der Waals surface area contributed by atoms with Crippen LogP contribution >= 0.6 is 21.6 Å². The second kappa shape index (κ2) is 17.8. The monoisotopic (exact) mass is 274 g/mol. The van der Waals surface area contributed by atoms with Crippen molar-refractivity contribution < 1.29 is 0 Å². The number of aliphatic imine (C=N–C) groups is 4. The van der Waals surface area contributed by atoms with E-state index in [-0.39, 0.29) is 7.43 Å². The molecule has 6 heteroatoms. The van der Waals surface area contributed by atoms with Gasteiger partial charge < -0.3 is 0 Å². The summed E-state index contributed by atoms with van der Waals surface area (Å²) in [5, 5.41) is 0. The first-order chi connectivity index (χ1) is 7.91. The van der Waals surface area contributed by atoms with Crippen LogP contribution in [-0.2, 0) is 0 Å². The lowest BCUT2D eigenvalue weighted by Gasteiger charge is -1.94. The van der Waals surface area contributed by atoms with Crippen molar-refractivity contribution >= 4 is 33.6 Å². The molecule has 0 saturated heterocycles. The molecule has 0 N–H and O–H groups in total. The molecule has 0 unspecified atom stereocenters. The molecule has 0 aromatic heterocycles. The lowest BCUT2D eigenvalue weighted by atomic mass is 10.8. The third kappa shape index (κ3) is 18.0. The van der Waals surface area contributed by atoms with Gasteiger partial charge in [0.25, 0.3) is 0 Å². The molecule has 17 heavy (non-hydrogen) atoms. The normalized spacial score (nSPS) is 8.35. The summed E-state index contributed by atoms with van der Waals surface area (Å²) in [5.41, 5.74) is 0. The van der Waals surface area contributed by atoms with E-state index < -0.39 is 0 Å². The number of nitrogens with zero attached hydrogens (tertiary/aromatic N) is 4. The van der Waals surface area contributed by atoms with Gasteiger partial charge in [0.2, 0.25) is 0 Å². The van der Waals surface area contributed by atoms with Crippen molar-refractivity contribution in [1.82, 2.24) is 0 Å². The summed E-state index contributed by atoms with van der Waals surface area (Å²) in [6.07, 6.45) is 0. The number of rotatable bonds is 9. The molecule has 0 amide bonds. The van der Waals surface area contributed by atoms with Crippen LogP contribution in [0, 0.1) is 0 Å². The molecule has 0 rings (SSSR count). The quantitative estimate of drug-likeness (QED) is 0.367. The highest BCUT2D eigenvalue weighted by Gasteiger charge is 1.88. The second-order valence-corrected chi connectivity index (χ2v) is 5.26. The van der Waals surface area contributed by atoms with Gasteiger partial charge in [-0.1, -0.05) is 29.0 Å². The first-order valence-electron chi connectivity index (χ1n) is 5.32. The van der Waals surface area contributed by atoms with Gasteiger partial charge in [-0.3, -0.25) is 0 Å². The van der Waals surface area contributed by atoms with Crippen molar-refractivity contribution in [1.29, 1.82) is 0 Å². The lowest BCUT2D eigenvalue weighted by molar-refractivity contribution is 1.11.